The predicted molar refractivity (Wildman–Crippen MR) is 150 cm³/mol. The molecule has 0 radical (unpaired) electrons. The number of unbranched alkanes of at least 4 members (excludes halogenated alkanes) is 4. The maximum absolute atomic E-state index is 13.2. The monoisotopic (exact) mass is 493 g/mol. The van der Waals surface area contributed by atoms with Gasteiger partial charge < -0.3 is 4.74 Å². The van der Waals surface area contributed by atoms with Gasteiger partial charge in [0.15, 0.2) is 12.4 Å². The molecule has 0 saturated carbocycles. The standard InChI is InChI=1S/C33H35NO3/c1-4-5-6-7-8-9-25-13-17-27(18-14-25)32(35)22-37-33(36)29-21-31(26-15-10-23(2)11-16-26)34-30-19-12-24(3)20-28(29)30/h10-21H,4-9,22H2,1-3H3. The third kappa shape index (κ3) is 6.91. The molecule has 4 heteroatoms. The molecule has 3 aromatic carbocycles. The minimum absolute atomic E-state index is 0.212. The predicted octanol–water partition coefficient (Wildman–Crippen LogP) is 8.07. The van der Waals surface area contributed by atoms with E-state index in [1.807, 2.05) is 80.6 Å². The van der Waals surface area contributed by atoms with Gasteiger partial charge in [0, 0.05) is 16.5 Å². The number of ketones is 1. The van der Waals surface area contributed by atoms with Crippen molar-refractivity contribution in [3.05, 3.63) is 101 Å². The highest BCUT2D eigenvalue weighted by Crippen LogP contribution is 2.27. The number of nitrogens with zero attached hydrogens (tertiary/aromatic N) is 1. The summed E-state index contributed by atoms with van der Waals surface area (Å²) < 4.78 is 5.52. The number of Topliss-reactive ketones (excluding diaryl/α,β-unsaturated/α-hetero) is 1. The molecule has 0 amide bonds. The number of carbonyl (C=O) groups excluding carboxylic acids is 2. The van der Waals surface area contributed by atoms with Crippen LogP contribution in [0, 0.1) is 13.8 Å². The van der Waals surface area contributed by atoms with Crippen LogP contribution in [0.5, 0.6) is 0 Å². The van der Waals surface area contributed by atoms with E-state index < -0.39 is 5.97 Å². The number of fused-ring (bicyclic) bond motifs is 1. The van der Waals surface area contributed by atoms with Crippen LogP contribution in [-0.2, 0) is 11.2 Å². The van der Waals surface area contributed by atoms with Crippen molar-refractivity contribution < 1.29 is 14.3 Å². The van der Waals surface area contributed by atoms with Crippen LogP contribution in [-0.4, -0.2) is 23.3 Å². The topological polar surface area (TPSA) is 56.3 Å². The average Bonchev–Trinajstić information content (AvgIpc) is 2.91. The van der Waals surface area contributed by atoms with E-state index in [0.717, 1.165) is 34.9 Å². The summed E-state index contributed by atoms with van der Waals surface area (Å²) in [5.74, 6) is -0.737. The normalized spacial score (nSPS) is 11.0. The van der Waals surface area contributed by atoms with E-state index >= 15 is 0 Å². The fourth-order valence-electron chi connectivity index (χ4n) is 4.46. The number of carbonyl (C=O) groups is 2. The van der Waals surface area contributed by atoms with E-state index in [-0.39, 0.29) is 12.4 Å². The molecule has 4 nitrogen and oxygen atoms in total. The maximum atomic E-state index is 13.2. The maximum Gasteiger partial charge on any atom is 0.339 e. The number of aryl methyl sites for hydroxylation is 3. The minimum Gasteiger partial charge on any atom is -0.454 e. The Morgan fingerprint density at radius 1 is 0.784 bits per heavy atom. The van der Waals surface area contributed by atoms with Crippen LogP contribution in [0.2, 0.25) is 0 Å². The minimum atomic E-state index is -0.525. The van der Waals surface area contributed by atoms with Crippen molar-refractivity contribution in [2.24, 2.45) is 0 Å². The first-order valence-corrected chi connectivity index (χ1v) is 13.2. The number of esters is 1. The summed E-state index contributed by atoms with van der Waals surface area (Å²) in [6, 6.07) is 23.3. The van der Waals surface area contributed by atoms with Gasteiger partial charge in [-0.2, -0.15) is 0 Å². The Balaban J connectivity index is 1.46. The van der Waals surface area contributed by atoms with E-state index in [1.165, 1.54) is 31.2 Å². The van der Waals surface area contributed by atoms with Gasteiger partial charge in [-0.05, 0) is 50.5 Å². The third-order valence-corrected chi connectivity index (χ3v) is 6.71. The summed E-state index contributed by atoms with van der Waals surface area (Å²) in [4.78, 5) is 30.7. The molecule has 0 saturated heterocycles. The number of pyridine rings is 1. The van der Waals surface area contributed by atoms with Gasteiger partial charge in [0.25, 0.3) is 0 Å². The van der Waals surface area contributed by atoms with Crippen LogP contribution in [0.1, 0.15) is 76.4 Å². The van der Waals surface area contributed by atoms with Crippen molar-refractivity contribution in [2.45, 2.75) is 59.3 Å². The van der Waals surface area contributed by atoms with Crippen molar-refractivity contribution in [3.8, 4) is 11.3 Å². The van der Waals surface area contributed by atoms with Crippen LogP contribution in [0.3, 0.4) is 0 Å². The zero-order chi connectivity index (χ0) is 26.2. The second-order valence-corrected chi connectivity index (χ2v) is 9.80. The van der Waals surface area contributed by atoms with Gasteiger partial charge in [0.2, 0.25) is 0 Å². The number of rotatable bonds is 11. The lowest BCUT2D eigenvalue weighted by Gasteiger charge is -2.11. The SMILES string of the molecule is CCCCCCCc1ccc(C(=O)COC(=O)c2cc(-c3ccc(C)cc3)nc3ccc(C)cc23)cc1. The lowest BCUT2D eigenvalue weighted by molar-refractivity contribution is 0.0476. The largest absolute Gasteiger partial charge is 0.454 e. The first-order valence-electron chi connectivity index (χ1n) is 13.2. The molecule has 4 rings (SSSR count). The van der Waals surface area contributed by atoms with Crippen LogP contribution >= 0.6 is 0 Å². The van der Waals surface area contributed by atoms with Gasteiger partial charge in [-0.25, -0.2) is 9.78 Å². The molecule has 0 unspecified atom stereocenters. The van der Waals surface area contributed by atoms with Gasteiger partial charge in [-0.15, -0.1) is 0 Å². The number of hydrogen-bond acceptors (Lipinski definition) is 4. The highest BCUT2D eigenvalue weighted by molar-refractivity contribution is 6.06. The summed E-state index contributed by atoms with van der Waals surface area (Å²) in [5, 5.41) is 0.719. The summed E-state index contributed by atoms with van der Waals surface area (Å²) in [6.07, 6.45) is 7.22. The first kappa shape index (κ1) is 26.3. The lowest BCUT2D eigenvalue weighted by Crippen LogP contribution is -2.15. The van der Waals surface area contributed by atoms with Crippen LogP contribution < -0.4 is 0 Å². The fraction of sp³-hybridized carbons (Fsp3) is 0.303. The molecule has 0 atom stereocenters. The molecule has 4 aromatic rings. The van der Waals surface area contributed by atoms with Crippen molar-refractivity contribution >= 4 is 22.7 Å². The second kappa shape index (κ2) is 12.4. The van der Waals surface area contributed by atoms with Gasteiger partial charge >= 0.3 is 5.97 Å². The van der Waals surface area contributed by atoms with Crippen molar-refractivity contribution in [3.63, 3.8) is 0 Å². The molecule has 0 fully saturated rings. The molecule has 1 heterocycles. The average molecular weight is 494 g/mol. The number of benzene rings is 3. The highest BCUT2D eigenvalue weighted by atomic mass is 16.5. The molecule has 0 aliphatic heterocycles. The molecule has 0 N–H and O–H groups in total. The van der Waals surface area contributed by atoms with Gasteiger partial charge in [-0.1, -0.05) is 98.3 Å². The number of aromatic nitrogens is 1. The Hall–Kier alpha value is -3.79. The third-order valence-electron chi connectivity index (χ3n) is 6.71. The smallest absolute Gasteiger partial charge is 0.339 e. The summed E-state index contributed by atoms with van der Waals surface area (Å²) >= 11 is 0. The Morgan fingerprint density at radius 2 is 1.49 bits per heavy atom. The van der Waals surface area contributed by atoms with Crippen molar-refractivity contribution in [1.82, 2.24) is 4.98 Å². The Labute approximate surface area is 219 Å². The molecule has 0 aliphatic carbocycles. The second-order valence-electron chi connectivity index (χ2n) is 9.80. The van der Waals surface area contributed by atoms with E-state index in [0.29, 0.717) is 22.3 Å². The number of hydrogen-bond donors (Lipinski definition) is 0. The molecule has 0 bridgehead atoms. The van der Waals surface area contributed by atoms with E-state index in [9.17, 15) is 9.59 Å². The Bertz CT molecular complexity index is 1370. The Kier molecular flexibility index (Phi) is 8.84. The van der Waals surface area contributed by atoms with Crippen LogP contribution in [0.15, 0.2) is 72.8 Å². The van der Waals surface area contributed by atoms with E-state index in [2.05, 4.69) is 6.92 Å². The van der Waals surface area contributed by atoms with Gasteiger partial charge in [0.1, 0.15) is 0 Å². The zero-order valence-electron chi connectivity index (χ0n) is 22.0. The quantitative estimate of drug-likeness (QED) is 0.120. The molecule has 190 valence electrons. The highest BCUT2D eigenvalue weighted by Gasteiger charge is 2.17. The molecular formula is C33H35NO3. The van der Waals surface area contributed by atoms with Gasteiger partial charge in [0.05, 0.1) is 16.8 Å². The Morgan fingerprint density at radius 3 is 2.22 bits per heavy atom. The lowest BCUT2D eigenvalue weighted by atomic mass is 10.0. The fourth-order valence-corrected chi connectivity index (χ4v) is 4.46. The van der Waals surface area contributed by atoms with E-state index in [4.69, 9.17) is 9.72 Å². The van der Waals surface area contributed by atoms with Crippen LogP contribution in [0.25, 0.3) is 22.2 Å². The van der Waals surface area contributed by atoms with E-state index in [1.54, 1.807) is 6.07 Å². The summed E-state index contributed by atoms with van der Waals surface area (Å²) in [6.45, 7) is 5.92. The zero-order valence-corrected chi connectivity index (χ0v) is 22.0. The molecule has 1 aromatic heterocycles. The summed E-state index contributed by atoms with van der Waals surface area (Å²) in [5.41, 5.74) is 6.70. The molecule has 0 aliphatic rings. The van der Waals surface area contributed by atoms with Crippen molar-refractivity contribution in [2.75, 3.05) is 6.61 Å². The molecule has 0 spiro atoms. The molecular weight excluding hydrogens is 458 g/mol. The molecule has 37 heavy (non-hydrogen) atoms. The number of ether oxygens (including phenoxy) is 1. The summed E-state index contributed by atoms with van der Waals surface area (Å²) in [7, 11) is 0. The van der Waals surface area contributed by atoms with Gasteiger partial charge in [-0.3, -0.25) is 4.79 Å². The first-order chi connectivity index (χ1) is 17.9. The van der Waals surface area contributed by atoms with Crippen LogP contribution in [0.4, 0.5) is 0 Å². The van der Waals surface area contributed by atoms with Crippen molar-refractivity contribution in [1.29, 1.82) is 0 Å².